The summed E-state index contributed by atoms with van der Waals surface area (Å²) in [5, 5.41) is 10.2. The molecule has 4 rings (SSSR count). The summed E-state index contributed by atoms with van der Waals surface area (Å²) in [6.07, 6.45) is 1.70. The van der Waals surface area contributed by atoms with E-state index < -0.39 is 0 Å². The summed E-state index contributed by atoms with van der Waals surface area (Å²) in [6, 6.07) is 23.8. The van der Waals surface area contributed by atoms with Gasteiger partial charge in [-0.15, -0.1) is 0 Å². The number of nitriles is 1. The number of rotatable bonds is 6. The lowest BCUT2D eigenvalue weighted by molar-refractivity contribution is 0.157. The van der Waals surface area contributed by atoms with Gasteiger partial charge in [-0.25, -0.2) is 4.79 Å². The first kappa shape index (κ1) is 22.2. The Morgan fingerprint density at radius 3 is 2.39 bits per heavy atom. The van der Waals surface area contributed by atoms with Crippen LogP contribution in [0.5, 0.6) is 5.75 Å². The highest BCUT2D eigenvalue weighted by Crippen LogP contribution is 2.38. The molecule has 0 aliphatic carbocycles. The number of fused-ring (bicyclic) bond motifs is 1. The zero-order valence-corrected chi connectivity index (χ0v) is 19.2. The van der Waals surface area contributed by atoms with Crippen molar-refractivity contribution in [3.63, 3.8) is 0 Å². The molecule has 0 bridgehead atoms. The van der Waals surface area contributed by atoms with Gasteiger partial charge in [0.2, 0.25) is 0 Å². The summed E-state index contributed by atoms with van der Waals surface area (Å²) in [7, 11) is 0. The Hall–Kier alpha value is -4.04. The predicted octanol–water partition coefficient (Wildman–Crippen LogP) is 6.38. The van der Waals surface area contributed by atoms with Gasteiger partial charge >= 0.3 is 6.09 Å². The molecule has 0 unspecified atom stereocenters. The number of aryl methyl sites for hydroxylation is 1. The lowest BCUT2D eigenvalue weighted by Gasteiger charge is -2.20. The number of nitrogens with zero attached hydrogens (tertiary/aromatic N) is 3. The summed E-state index contributed by atoms with van der Waals surface area (Å²) in [5.41, 5.74) is 5.89. The van der Waals surface area contributed by atoms with Crippen LogP contribution in [0.2, 0.25) is 0 Å². The quantitative estimate of drug-likeness (QED) is 0.352. The van der Waals surface area contributed by atoms with E-state index in [9.17, 15) is 10.1 Å². The first-order chi connectivity index (χ1) is 16.0. The van der Waals surface area contributed by atoms with Gasteiger partial charge in [0.25, 0.3) is 0 Å². The van der Waals surface area contributed by atoms with Gasteiger partial charge in [0.05, 0.1) is 11.6 Å². The second-order valence-electron chi connectivity index (χ2n) is 7.97. The highest BCUT2D eigenvalue weighted by molar-refractivity contribution is 5.99. The molecule has 33 heavy (non-hydrogen) atoms. The first-order valence-electron chi connectivity index (χ1n) is 11.2. The number of hydrogen-bond donors (Lipinski definition) is 0. The van der Waals surface area contributed by atoms with Gasteiger partial charge < -0.3 is 14.2 Å². The van der Waals surface area contributed by atoms with Crippen molar-refractivity contribution < 1.29 is 9.53 Å². The molecule has 0 fully saturated rings. The van der Waals surface area contributed by atoms with Crippen LogP contribution in [-0.2, 0) is 6.54 Å². The lowest BCUT2D eigenvalue weighted by Crippen LogP contribution is -2.33. The number of benzene rings is 3. The number of ether oxygens (including phenoxy) is 1. The zero-order chi connectivity index (χ0) is 23.4. The average Bonchev–Trinajstić information content (AvgIpc) is 3.24. The Morgan fingerprint density at radius 2 is 1.73 bits per heavy atom. The van der Waals surface area contributed by atoms with Gasteiger partial charge in [-0.3, -0.25) is 0 Å². The third-order valence-corrected chi connectivity index (χ3v) is 6.04. The molecule has 4 aromatic rings. The highest BCUT2D eigenvalue weighted by atomic mass is 16.6. The van der Waals surface area contributed by atoms with Crippen molar-refractivity contribution in [3.8, 4) is 22.9 Å². The minimum absolute atomic E-state index is 0.367. The van der Waals surface area contributed by atoms with E-state index in [-0.39, 0.29) is 6.09 Å². The number of carbonyl (C=O) groups is 1. The van der Waals surface area contributed by atoms with E-state index in [1.165, 1.54) is 11.1 Å². The molecule has 0 spiro atoms. The first-order valence-corrected chi connectivity index (χ1v) is 11.2. The van der Waals surface area contributed by atoms with Crippen molar-refractivity contribution in [3.05, 3.63) is 89.6 Å². The number of carbonyl (C=O) groups excluding carboxylic acids is 1. The second-order valence-corrected chi connectivity index (χ2v) is 7.97. The van der Waals surface area contributed by atoms with Crippen LogP contribution >= 0.6 is 0 Å². The maximum Gasteiger partial charge on any atom is 0.415 e. The van der Waals surface area contributed by atoms with Crippen LogP contribution in [0.4, 0.5) is 4.79 Å². The second kappa shape index (κ2) is 9.62. The van der Waals surface area contributed by atoms with Crippen molar-refractivity contribution in [1.29, 1.82) is 5.26 Å². The Balaban J connectivity index is 1.83. The molecular formula is C28H27N3O2. The molecule has 166 valence electrons. The summed E-state index contributed by atoms with van der Waals surface area (Å²) < 4.78 is 8.08. The number of hydrogen-bond acceptors (Lipinski definition) is 3. The summed E-state index contributed by atoms with van der Waals surface area (Å²) in [6.45, 7) is 7.89. The molecule has 1 heterocycles. The fourth-order valence-electron chi connectivity index (χ4n) is 4.10. The van der Waals surface area contributed by atoms with Crippen LogP contribution in [0.15, 0.2) is 72.9 Å². The standard InChI is InChI=1S/C28H27N3O2/c1-4-30(5-2)28(32)33-26-15-14-25-24(27(26)22-12-10-21(18-29)11-13-22)16-17-31(25)19-23-9-7-6-8-20(23)3/h6-17H,4-5,19H2,1-3H3. The van der Waals surface area contributed by atoms with Crippen LogP contribution in [0, 0.1) is 18.3 Å². The molecule has 5 nitrogen and oxygen atoms in total. The van der Waals surface area contributed by atoms with E-state index in [4.69, 9.17) is 4.74 Å². The van der Waals surface area contributed by atoms with Crippen molar-refractivity contribution in [2.45, 2.75) is 27.3 Å². The van der Waals surface area contributed by atoms with Crippen LogP contribution in [0.3, 0.4) is 0 Å². The highest BCUT2D eigenvalue weighted by Gasteiger charge is 2.19. The summed E-state index contributed by atoms with van der Waals surface area (Å²) >= 11 is 0. The maximum absolute atomic E-state index is 12.7. The van der Waals surface area contributed by atoms with Gasteiger partial charge in [-0.1, -0.05) is 36.4 Å². The molecule has 0 aliphatic rings. The van der Waals surface area contributed by atoms with Crippen molar-refractivity contribution in [1.82, 2.24) is 9.47 Å². The number of aromatic nitrogens is 1. The third kappa shape index (κ3) is 4.47. The molecular weight excluding hydrogens is 410 g/mol. The van der Waals surface area contributed by atoms with Crippen LogP contribution < -0.4 is 4.74 Å². The van der Waals surface area contributed by atoms with Gasteiger partial charge in [0.15, 0.2) is 0 Å². The van der Waals surface area contributed by atoms with Crippen LogP contribution in [0.1, 0.15) is 30.5 Å². The topological polar surface area (TPSA) is 58.3 Å². The van der Waals surface area contributed by atoms with E-state index in [1.807, 2.05) is 44.2 Å². The minimum Gasteiger partial charge on any atom is -0.410 e. The molecule has 0 saturated carbocycles. The van der Waals surface area contributed by atoms with Gasteiger partial charge in [0.1, 0.15) is 5.75 Å². The predicted molar refractivity (Wildman–Crippen MR) is 131 cm³/mol. The molecule has 0 saturated heterocycles. The van der Waals surface area contributed by atoms with Crippen molar-refractivity contribution in [2.24, 2.45) is 0 Å². The SMILES string of the molecule is CCN(CC)C(=O)Oc1ccc2c(ccn2Cc2ccccc2C)c1-c1ccc(C#N)cc1. The van der Waals surface area contributed by atoms with Gasteiger partial charge in [0, 0.05) is 42.3 Å². The largest absolute Gasteiger partial charge is 0.415 e. The van der Waals surface area contributed by atoms with Crippen LogP contribution in [-0.4, -0.2) is 28.6 Å². The molecule has 0 atom stereocenters. The Morgan fingerprint density at radius 1 is 1.00 bits per heavy atom. The number of amides is 1. The van der Waals surface area contributed by atoms with Gasteiger partial charge in [-0.05, 0) is 67.8 Å². The maximum atomic E-state index is 12.7. The molecule has 0 aliphatic heterocycles. The van der Waals surface area contributed by atoms with E-state index in [1.54, 1.807) is 17.0 Å². The molecule has 3 aromatic carbocycles. The van der Waals surface area contributed by atoms with E-state index in [0.717, 1.165) is 28.6 Å². The minimum atomic E-state index is -0.367. The normalized spacial score (nSPS) is 10.7. The molecule has 0 N–H and O–H groups in total. The smallest absolute Gasteiger partial charge is 0.410 e. The van der Waals surface area contributed by atoms with E-state index >= 15 is 0 Å². The fourth-order valence-corrected chi connectivity index (χ4v) is 4.10. The van der Waals surface area contributed by atoms with Crippen LogP contribution in [0.25, 0.3) is 22.0 Å². The van der Waals surface area contributed by atoms with E-state index in [0.29, 0.717) is 24.4 Å². The molecule has 5 heteroatoms. The third-order valence-electron chi connectivity index (χ3n) is 6.04. The molecule has 1 amide bonds. The van der Waals surface area contributed by atoms with Crippen molar-refractivity contribution in [2.75, 3.05) is 13.1 Å². The summed E-state index contributed by atoms with van der Waals surface area (Å²) in [4.78, 5) is 14.4. The monoisotopic (exact) mass is 437 g/mol. The molecule has 0 radical (unpaired) electrons. The zero-order valence-electron chi connectivity index (χ0n) is 19.2. The fraction of sp³-hybridized carbons (Fsp3) is 0.214. The Bertz CT molecular complexity index is 1330. The average molecular weight is 438 g/mol. The Kier molecular flexibility index (Phi) is 6.46. The van der Waals surface area contributed by atoms with E-state index in [2.05, 4.69) is 48.0 Å². The molecule has 1 aromatic heterocycles. The Labute approximate surface area is 194 Å². The summed E-state index contributed by atoms with van der Waals surface area (Å²) in [5.74, 6) is 0.512. The lowest BCUT2D eigenvalue weighted by atomic mass is 9.99. The van der Waals surface area contributed by atoms with Crippen molar-refractivity contribution >= 4 is 17.0 Å². The van der Waals surface area contributed by atoms with Gasteiger partial charge in [-0.2, -0.15) is 5.26 Å².